The fraction of sp³-hybridized carbons (Fsp3) is 0.433. The average Bonchev–Trinajstić information content (AvgIpc) is 3.29. The summed E-state index contributed by atoms with van der Waals surface area (Å²) >= 11 is 0. The number of anilines is 1. The van der Waals surface area contributed by atoms with Crippen LogP contribution in [0, 0.1) is 0 Å². The van der Waals surface area contributed by atoms with Crippen molar-refractivity contribution in [3.8, 4) is 11.9 Å². The van der Waals surface area contributed by atoms with Crippen LogP contribution in [-0.4, -0.2) is 69.3 Å². The van der Waals surface area contributed by atoms with Crippen molar-refractivity contribution < 1.29 is 19.0 Å². The maximum Gasteiger partial charge on any atom is 0.328 e. The summed E-state index contributed by atoms with van der Waals surface area (Å²) in [5.41, 5.74) is 9.40. The number of aromatic amines is 1. The van der Waals surface area contributed by atoms with Crippen LogP contribution in [0.15, 0.2) is 47.4 Å². The number of rotatable bonds is 16. The number of unbranched alkanes of at least 4 members (excludes halogenated alkanes) is 2. The normalized spacial score (nSPS) is 11.2. The third-order valence-electron chi connectivity index (χ3n) is 6.70. The van der Waals surface area contributed by atoms with Crippen LogP contribution in [0.1, 0.15) is 49.3 Å². The topological polar surface area (TPSA) is 150 Å². The number of nitrogens with two attached hydrogens (primary N) is 1. The third-order valence-corrected chi connectivity index (χ3v) is 6.70. The summed E-state index contributed by atoms with van der Waals surface area (Å²) in [6.07, 6.45) is 5.66. The predicted molar refractivity (Wildman–Crippen MR) is 160 cm³/mol. The first-order valence-electron chi connectivity index (χ1n) is 14.2. The molecule has 0 saturated heterocycles. The molecule has 0 fully saturated rings. The fourth-order valence-corrected chi connectivity index (χ4v) is 4.45. The Kier molecular flexibility index (Phi) is 10.9. The van der Waals surface area contributed by atoms with E-state index in [1.807, 2.05) is 24.3 Å². The molecule has 4 aromatic rings. The van der Waals surface area contributed by atoms with Crippen molar-refractivity contribution in [1.82, 2.24) is 29.4 Å². The van der Waals surface area contributed by atoms with Crippen molar-refractivity contribution in [3.63, 3.8) is 0 Å². The monoisotopic (exact) mass is 577 g/mol. The van der Waals surface area contributed by atoms with Gasteiger partial charge >= 0.3 is 17.7 Å². The van der Waals surface area contributed by atoms with Gasteiger partial charge in [-0.25, -0.2) is 9.78 Å². The molecule has 0 saturated carbocycles. The summed E-state index contributed by atoms with van der Waals surface area (Å²) in [4.78, 5) is 42.1. The van der Waals surface area contributed by atoms with E-state index < -0.39 is 0 Å². The molecule has 42 heavy (non-hydrogen) atoms. The number of hydrogen-bond donors (Lipinski definition) is 2. The van der Waals surface area contributed by atoms with Crippen LogP contribution >= 0.6 is 0 Å². The second kappa shape index (κ2) is 15.0. The molecule has 1 aromatic carbocycles. The molecule has 0 amide bonds. The van der Waals surface area contributed by atoms with Gasteiger partial charge in [0, 0.05) is 18.8 Å². The van der Waals surface area contributed by atoms with Crippen molar-refractivity contribution in [3.05, 3.63) is 69.8 Å². The minimum absolute atomic E-state index is 0.152. The zero-order valence-corrected chi connectivity index (χ0v) is 24.5. The molecule has 12 nitrogen and oxygen atoms in total. The third kappa shape index (κ3) is 8.53. The summed E-state index contributed by atoms with van der Waals surface area (Å²) in [6, 6.07) is 11.8. The lowest BCUT2D eigenvalue weighted by atomic mass is 10.1. The molecule has 224 valence electrons. The summed E-state index contributed by atoms with van der Waals surface area (Å²) in [5, 5.41) is 0. The SMILES string of the molecule is CCCCOc1nc(N)c2[nH]c(=O)n(Cc3ccc(OCCCCN(C)Cc4cccc(CC(=O)OC)c4)nc3)c2n1. The Morgan fingerprint density at radius 2 is 1.86 bits per heavy atom. The van der Waals surface area contributed by atoms with E-state index in [2.05, 4.69) is 44.9 Å². The number of carbonyl (C=O) groups excluding carboxylic acids is 1. The highest BCUT2D eigenvalue weighted by molar-refractivity contribution is 5.82. The smallest absolute Gasteiger partial charge is 0.328 e. The molecule has 0 aliphatic carbocycles. The highest BCUT2D eigenvalue weighted by Gasteiger charge is 2.15. The first kappa shape index (κ1) is 30.5. The average molecular weight is 578 g/mol. The van der Waals surface area contributed by atoms with Crippen LogP contribution in [0.3, 0.4) is 0 Å². The van der Waals surface area contributed by atoms with E-state index in [1.54, 1.807) is 12.3 Å². The van der Waals surface area contributed by atoms with Gasteiger partial charge in [0.2, 0.25) is 5.88 Å². The molecule has 0 radical (unpaired) electrons. The number of ether oxygens (including phenoxy) is 3. The van der Waals surface area contributed by atoms with Gasteiger partial charge in [-0.05, 0) is 49.5 Å². The molecule has 12 heteroatoms. The fourth-order valence-electron chi connectivity index (χ4n) is 4.45. The minimum Gasteiger partial charge on any atom is -0.478 e. The molecule has 4 rings (SSSR count). The zero-order valence-electron chi connectivity index (χ0n) is 24.5. The van der Waals surface area contributed by atoms with Gasteiger partial charge in [-0.3, -0.25) is 9.36 Å². The van der Waals surface area contributed by atoms with Crippen LogP contribution in [0.2, 0.25) is 0 Å². The number of benzene rings is 1. The second-order valence-corrected chi connectivity index (χ2v) is 10.2. The molecule has 0 unspecified atom stereocenters. The van der Waals surface area contributed by atoms with Gasteiger partial charge in [-0.2, -0.15) is 9.97 Å². The van der Waals surface area contributed by atoms with E-state index in [0.29, 0.717) is 30.3 Å². The van der Waals surface area contributed by atoms with Gasteiger partial charge in [0.1, 0.15) is 5.52 Å². The highest BCUT2D eigenvalue weighted by Crippen LogP contribution is 2.19. The predicted octanol–water partition coefficient (Wildman–Crippen LogP) is 3.33. The summed E-state index contributed by atoms with van der Waals surface area (Å²) in [7, 11) is 3.48. The minimum atomic E-state index is -0.337. The molecule has 0 aliphatic rings. The van der Waals surface area contributed by atoms with Gasteiger partial charge in [-0.1, -0.05) is 43.7 Å². The van der Waals surface area contributed by atoms with Crippen LogP contribution in [-0.2, 0) is 29.0 Å². The van der Waals surface area contributed by atoms with Gasteiger partial charge < -0.3 is 29.8 Å². The lowest BCUT2D eigenvalue weighted by Crippen LogP contribution is -2.20. The Hall–Kier alpha value is -4.45. The van der Waals surface area contributed by atoms with E-state index in [9.17, 15) is 9.59 Å². The molecule has 0 bridgehead atoms. The van der Waals surface area contributed by atoms with Crippen LogP contribution < -0.4 is 20.9 Å². The van der Waals surface area contributed by atoms with Gasteiger partial charge in [0.25, 0.3) is 0 Å². The van der Waals surface area contributed by atoms with Crippen LogP contribution in [0.25, 0.3) is 11.2 Å². The molecular weight excluding hydrogens is 538 g/mol. The first-order chi connectivity index (χ1) is 20.4. The van der Waals surface area contributed by atoms with Gasteiger partial charge in [0.05, 0.1) is 33.3 Å². The Morgan fingerprint density at radius 3 is 2.62 bits per heavy atom. The van der Waals surface area contributed by atoms with Crippen molar-refractivity contribution >= 4 is 23.0 Å². The number of methoxy groups -OCH3 is 1. The number of fused-ring (bicyclic) bond motifs is 1. The highest BCUT2D eigenvalue weighted by atomic mass is 16.5. The zero-order chi connectivity index (χ0) is 29.9. The first-order valence-corrected chi connectivity index (χ1v) is 14.2. The number of hydrogen-bond acceptors (Lipinski definition) is 10. The van der Waals surface area contributed by atoms with E-state index in [0.717, 1.165) is 55.5 Å². The second-order valence-electron chi connectivity index (χ2n) is 10.2. The number of imidazole rings is 1. The van der Waals surface area contributed by atoms with Crippen molar-refractivity contribution in [2.75, 3.05) is 39.6 Å². The van der Waals surface area contributed by atoms with E-state index >= 15 is 0 Å². The molecule has 0 aliphatic heterocycles. The molecular formula is C30H39N7O5. The quantitative estimate of drug-likeness (QED) is 0.150. The lowest BCUT2D eigenvalue weighted by Gasteiger charge is -2.17. The van der Waals surface area contributed by atoms with E-state index in [1.165, 1.54) is 11.7 Å². The number of aromatic nitrogens is 5. The molecule has 3 aromatic heterocycles. The lowest BCUT2D eigenvalue weighted by molar-refractivity contribution is -0.139. The Balaban J connectivity index is 1.23. The number of pyridine rings is 1. The van der Waals surface area contributed by atoms with Gasteiger partial charge in [-0.15, -0.1) is 0 Å². The molecule has 0 atom stereocenters. The standard InChI is InChI=1S/C30H39N7O5/c1-4-5-14-42-29-34-27(31)26-28(35-29)37(30(39)33-26)20-23-11-12-24(32-18-23)41-15-7-6-13-36(2)19-22-10-8-9-21(16-22)17-25(38)40-3/h8-12,16,18H,4-7,13-15,17,19-20H2,1-3H3,(H,33,39)(H2,31,34,35). The van der Waals surface area contributed by atoms with Crippen molar-refractivity contribution in [1.29, 1.82) is 0 Å². The Morgan fingerprint density at radius 1 is 1.05 bits per heavy atom. The number of nitrogen functional groups attached to an aromatic ring is 1. The van der Waals surface area contributed by atoms with Crippen molar-refractivity contribution in [2.45, 2.75) is 52.1 Å². The molecule has 3 heterocycles. The number of esters is 1. The van der Waals surface area contributed by atoms with Crippen LogP contribution in [0.5, 0.6) is 11.9 Å². The van der Waals surface area contributed by atoms with Crippen molar-refractivity contribution in [2.24, 2.45) is 0 Å². The van der Waals surface area contributed by atoms with Gasteiger partial charge in [0.15, 0.2) is 11.5 Å². The number of H-pyrrole nitrogens is 1. The Labute approximate surface area is 244 Å². The summed E-state index contributed by atoms with van der Waals surface area (Å²) < 4.78 is 17.7. The molecule has 3 N–H and O–H groups in total. The van der Waals surface area contributed by atoms with Crippen LogP contribution in [0.4, 0.5) is 5.82 Å². The van der Waals surface area contributed by atoms with E-state index in [4.69, 9.17) is 19.9 Å². The number of carbonyl (C=O) groups is 1. The summed E-state index contributed by atoms with van der Waals surface area (Å²) in [5.74, 6) is 0.455. The summed E-state index contributed by atoms with van der Waals surface area (Å²) in [6.45, 7) is 5.06. The maximum atomic E-state index is 12.6. The molecule has 0 spiro atoms. The number of nitrogens with zero attached hydrogens (tertiary/aromatic N) is 5. The Bertz CT molecular complexity index is 1520. The largest absolute Gasteiger partial charge is 0.478 e. The van der Waals surface area contributed by atoms with E-state index in [-0.39, 0.29) is 36.5 Å². The maximum absolute atomic E-state index is 12.6. The number of nitrogens with one attached hydrogen (secondary N) is 1.